The van der Waals surface area contributed by atoms with Gasteiger partial charge in [-0.15, -0.1) is 11.8 Å². The van der Waals surface area contributed by atoms with Gasteiger partial charge in [0.15, 0.2) is 0 Å². The average molecular weight is 438 g/mol. The van der Waals surface area contributed by atoms with Crippen molar-refractivity contribution in [2.75, 3.05) is 30.9 Å². The van der Waals surface area contributed by atoms with Crippen LogP contribution in [0.25, 0.3) is 0 Å². The highest BCUT2D eigenvalue weighted by atomic mass is 35.5. The zero-order valence-corrected chi connectivity index (χ0v) is 15.8. The Labute approximate surface area is 165 Å². The number of methoxy groups -OCH3 is 1. The fourth-order valence-corrected chi connectivity index (χ4v) is 3.77. The zero-order chi connectivity index (χ0) is 20.6. The van der Waals surface area contributed by atoms with Crippen LogP contribution in [0, 0.1) is 5.82 Å². The third-order valence-electron chi connectivity index (χ3n) is 3.90. The molecular formula is C16H12ClF4N3O3S. The molecule has 0 N–H and O–H groups in total. The molecule has 0 atom stereocenters. The number of aliphatic imine (C=N–C) groups is 1. The van der Waals surface area contributed by atoms with E-state index in [9.17, 15) is 27.2 Å². The highest BCUT2D eigenvalue weighted by Gasteiger charge is 2.47. The van der Waals surface area contributed by atoms with E-state index in [0.29, 0.717) is 6.08 Å². The molecule has 1 aromatic rings. The van der Waals surface area contributed by atoms with Gasteiger partial charge in [-0.2, -0.15) is 13.2 Å². The Bertz CT molecular complexity index is 904. The summed E-state index contributed by atoms with van der Waals surface area (Å²) in [6, 6.07) is 2.11. The van der Waals surface area contributed by atoms with E-state index >= 15 is 0 Å². The number of amides is 1. The predicted molar refractivity (Wildman–Crippen MR) is 94.8 cm³/mol. The van der Waals surface area contributed by atoms with Crippen LogP contribution in [-0.2, 0) is 14.3 Å². The summed E-state index contributed by atoms with van der Waals surface area (Å²) in [5.74, 6) is -3.00. The van der Waals surface area contributed by atoms with Gasteiger partial charge in [0, 0.05) is 17.5 Å². The summed E-state index contributed by atoms with van der Waals surface area (Å²) < 4.78 is 58.7. The van der Waals surface area contributed by atoms with Crippen LogP contribution < -0.4 is 4.90 Å². The molecule has 0 aromatic heterocycles. The Kier molecular flexibility index (Phi) is 5.57. The number of hydrogen-bond acceptors (Lipinski definition) is 6. The van der Waals surface area contributed by atoms with Gasteiger partial charge < -0.3 is 9.64 Å². The van der Waals surface area contributed by atoms with Crippen LogP contribution in [0.4, 0.5) is 23.2 Å². The maximum Gasteiger partial charge on any atom is 0.431 e. The molecule has 2 heterocycles. The molecule has 0 fully saturated rings. The number of anilines is 1. The predicted octanol–water partition coefficient (Wildman–Crippen LogP) is 3.21. The van der Waals surface area contributed by atoms with E-state index in [0.717, 1.165) is 27.6 Å². The minimum atomic E-state index is -4.76. The first kappa shape index (κ1) is 20.5. The number of esters is 1. The van der Waals surface area contributed by atoms with Crippen molar-refractivity contribution in [2.24, 2.45) is 4.99 Å². The second kappa shape index (κ2) is 7.63. The lowest BCUT2D eigenvalue weighted by Gasteiger charge is -2.35. The number of ether oxygens (including phenoxy) is 1. The van der Waals surface area contributed by atoms with Crippen LogP contribution in [0.15, 0.2) is 33.8 Å². The van der Waals surface area contributed by atoms with Crippen molar-refractivity contribution in [1.82, 2.24) is 4.90 Å². The monoisotopic (exact) mass is 437 g/mol. The number of rotatable bonds is 4. The standard InChI is InChI=1S/C16H12ClF4N3O3S/c1-27-14(26)7-28-11-5-10(9(18)4-8(11)17)24-13(25)6-12(16(19,20)21)23-3-2-22-15(23)24/h4-6H,2-3,7H2,1H3. The summed E-state index contributed by atoms with van der Waals surface area (Å²) in [4.78, 5) is 29.5. The van der Waals surface area contributed by atoms with Gasteiger partial charge in [-0.3, -0.25) is 14.6 Å². The Morgan fingerprint density at radius 2 is 2.11 bits per heavy atom. The van der Waals surface area contributed by atoms with Crippen molar-refractivity contribution in [3.63, 3.8) is 0 Å². The average Bonchev–Trinajstić information content (AvgIpc) is 3.09. The molecule has 1 aromatic carbocycles. The number of hydrogen-bond donors (Lipinski definition) is 0. The number of thioether (sulfide) groups is 1. The molecule has 0 saturated heterocycles. The molecule has 0 bridgehead atoms. The Balaban J connectivity index is 2.02. The van der Waals surface area contributed by atoms with Gasteiger partial charge >= 0.3 is 12.1 Å². The van der Waals surface area contributed by atoms with Crippen molar-refractivity contribution >= 4 is 46.9 Å². The number of alkyl halides is 3. The van der Waals surface area contributed by atoms with Gasteiger partial charge in [-0.05, 0) is 12.1 Å². The summed E-state index contributed by atoms with van der Waals surface area (Å²) in [7, 11) is 1.20. The molecule has 28 heavy (non-hydrogen) atoms. The third-order valence-corrected chi connectivity index (χ3v) is 5.35. The van der Waals surface area contributed by atoms with Crippen molar-refractivity contribution in [3.05, 3.63) is 34.7 Å². The van der Waals surface area contributed by atoms with E-state index in [1.807, 2.05) is 0 Å². The molecule has 1 amide bonds. The fourth-order valence-electron chi connectivity index (χ4n) is 2.67. The third kappa shape index (κ3) is 3.81. The minimum absolute atomic E-state index is 0.0173. The number of halogens is 5. The van der Waals surface area contributed by atoms with Gasteiger partial charge in [0.2, 0.25) is 5.96 Å². The molecule has 0 radical (unpaired) electrons. The highest BCUT2D eigenvalue weighted by Crippen LogP contribution is 2.38. The van der Waals surface area contributed by atoms with Crippen LogP contribution in [-0.4, -0.2) is 54.9 Å². The Morgan fingerprint density at radius 3 is 2.75 bits per heavy atom. The largest absolute Gasteiger partial charge is 0.468 e. The van der Waals surface area contributed by atoms with E-state index in [4.69, 9.17) is 11.6 Å². The molecule has 0 unspecified atom stereocenters. The van der Waals surface area contributed by atoms with Crippen LogP contribution in [0.5, 0.6) is 0 Å². The lowest BCUT2D eigenvalue weighted by Crippen LogP contribution is -2.51. The number of carbonyl (C=O) groups is 2. The molecule has 0 saturated carbocycles. The van der Waals surface area contributed by atoms with Gasteiger partial charge in [0.1, 0.15) is 11.5 Å². The summed E-state index contributed by atoms with van der Waals surface area (Å²) in [6.07, 6.45) is -4.35. The minimum Gasteiger partial charge on any atom is -0.468 e. The van der Waals surface area contributed by atoms with Crippen molar-refractivity contribution < 1.29 is 31.9 Å². The molecule has 0 aliphatic carbocycles. The number of nitrogens with zero attached hydrogens (tertiary/aromatic N) is 3. The number of fused-ring (bicyclic) bond motifs is 1. The van der Waals surface area contributed by atoms with Crippen LogP contribution in [0.2, 0.25) is 5.02 Å². The SMILES string of the molecule is COC(=O)CSc1cc(N2C(=O)C=C(C(F)(F)F)N3CCN=C32)c(F)cc1Cl. The molecule has 0 spiro atoms. The molecular weight excluding hydrogens is 426 g/mol. The van der Waals surface area contributed by atoms with Crippen LogP contribution >= 0.6 is 23.4 Å². The molecule has 6 nitrogen and oxygen atoms in total. The first-order chi connectivity index (χ1) is 13.1. The number of guanidine groups is 1. The topological polar surface area (TPSA) is 62.2 Å². The van der Waals surface area contributed by atoms with Gasteiger partial charge in [-0.1, -0.05) is 11.6 Å². The maximum absolute atomic E-state index is 14.5. The van der Waals surface area contributed by atoms with E-state index < -0.39 is 29.6 Å². The maximum atomic E-state index is 14.5. The summed E-state index contributed by atoms with van der Waals surface area (Å²) in [5, 5.41) is -0.0173. The quantitative estimate of drug-likeness (QED) is 0.411. The van der Waals surface area contributed by atoms with Crippen molar-refractivity contribution in [3.8, 4) is 0 Å². The number of benzene rings is 1. The fraction of sp³-hybridized carbons (Fsp3) is 0.312. The normalized spacial score (nSPS) is 16.7. The summed E-state index contributed by atoms with van der Waals surface area (Å²) in [5.41, 5.74) is -1.47. The van der Waals surface area contributed by atoms with Crippen molar-refractivity contribution in [2.45, 2.75) is 11.1 Å². The lowest BCUT2D eigenvalue weighted by atomic mass is 10.2. The first-order valence-electron chi connectivity index (χ1n) is 7.77. The summed E-state index contributed by atoms with van der Waals surface area (Å²) >= 11 is 6.92. The van der Waals surface area contributed by atoms with Gasteiger partial charge in [0.25, 0.3) is 5.91 Å². The van der Waals surface area contributed by atoms with Crippen LogP contribution in [0.3, 0.4) is 0 Å². The van der Waals surface area contributed by atoms with Gasteiger partial charge in [0.05, 0.1) is 30.1 Å². The lowest BCUT2D eigenvalue weighted by molar-refractivity contribution is -0.137. The second-order valence-corrected chi connectivity index (χ2v) is 7.06. The van der Waals surface area contributed by atoms with E-state index in [1.54, 1.807) is 0 Å². The molecule has 2 aliphatic rings. The highest BCUT2D eigenvalue weighted by molar-refractivity contribution is 8.00. The van der Waals surface area contributed by atoms with Crippen LogP contribution in [0.1, 0.15) is 0 Å². The first-order valence-corrected chi connectivity index (χ1v) is 9.13. The second-order valence-electron chi connectivity index (χ2n) is 5.63. The molecule has 12 heteroatoms. The number of allylic oxidation sites excluding steroid dienone is 1. The molecule has 3 rings (SSSR count). The van der Waals surface area contributed by atoms with Crippen molar-refractivity contribution in [1.29, 1.82) is 0 Å². The van der Waals surface area contributed by atoms with E-state index in [-0.39, 0.29) is 40.4 Å². The van der Waals surface area contributed by atoms with E-state index in [1.165, 1.54) is 13.2 Å². The Hall–Kier alpha value is -2.27. The smallest absolute Gasteiger partial charge is 0.431 e. The molecule has 150 valence electrons. The summed E-state index contributed by atoms with van der Waals surface area (Å²) in [6.45, 7) is -0.0741. The zero-order valence-electron chi connectivity index (χ0n) is 14.2. The Morgan fingerprint density at radius 1 is 1.39 bits per heavy atom. The van der Waals surface area contributed by atoms with E-state index in [2.05, 4.69) is 9.73 Å². The number of carbonyl (C=O) groups excluding carboxylic acids is 2. The molecule has 2 aliphatic heterocycles. The van der Waals surface area contributed by atoms with Gasteiger partial charge in [-0.25, -0.2) is 9.29 Å².